The first-order valence-corrected chi connectivity index (χ1v) is 10.1. The lowest BCUT2D eigenvalue weighted by Crippen LogP contribution is -2.47. The predicted octanol–water partition coefficient (Wildman–Crippen LogP) is 3.71. The van der Waals surface area contributed by atoms with E-state index in [1.165, 1.54) is 5.52 Å². The van der Waals surface area contributed by atoms with Crippen molar-refractivity contribution in [3.05, 3.63) is 48.7 Å². The van der Waals surface area contributed by atoms with Crippen LogP contribution in [0.4, 0.5) is 5.82 Å². The Morgan fingerprint density at radius 2 is 1.77 bits per heavy atom. The molecule has 0 bridgehead atoms. The zero-order valence-electron chi connectivity index (χ0n) is 15.4. The van der Waals surface area contributed by atoms with E-state index in [9.17, 15) is 0 Å². The number of thioether (sulfide) groups is 1. The van der Waals surface area contributed by atoms with Crippen molar-refractivity contribution in [2.45, 2.75) is 30.9 Å². The number of hydrogen-bond donors (Lipinski definition) is 0. The van der Waals surface area contributed by atoms with Gasteiger partial charge in [0.05, 0.1) is 17.7 Å². The van der Waals surface area contributed by atoms with E-state index in [-0.39, 0.29) is 0 Å². The molecule has 0 unspecified atom stereocenters. The van der Waals surface area contributed by atoms with Gasteiger partial charge in [0.1, 0.15) is 5.82 Å². The minimum absolute atomic E-state index is 0.520. The molecule has 0 N–H and O–H groups in total. The molecule has 0 atom stereocenters. The van der Waals surface area contributed by atoms with E-state index in [1.54, 1.807) is 0 Å². The van der Waals surface area contributed by atoms with Crippen LogP contribution in [0.5, 0.6) is 0 Å². The lowest BCUT2D eigenvalue weighted by molar-refractivity contribution is 0.202. The summed E-state index contributed by atoms with van der Waals surface area (Å²) in [5.41, 5.74) is 2.31. The molecule has 1 aliphatic heterocycles. The number of piperazine rings is 1. The number of fused-ring (bicyclic) bond motifs is 1. The van der Waals surface area contributed by atoms with Gasteiger partial charge in [-0.2, -0.15) is 0 Å². The molecule has 0 radical (unpaired) electrons. The van der Waals surface area contributed by atoms with E-state index in [1.807, 2.05) is 24.0 Å². The number of anilines is 1. The zero-order chi connectivity index (χ0) is 17.9. The second-order valence-corrected chi connectivity index (χ2v) is 8.46. The fourth-order valence-corrected chi connectivity index (χ4v) is 4.21. The van der Waals surface area contributed by atoms with Gasteiger partial charge in [-0.15, -0.1) is 0 Å². The largest absolute Gasteiger partial charge is 0.354 e. The standard InChI is InChI=1S/C20H25N5S/c1-16(2)26-20-22-17-7-3-4-8-18(17)25(20)15-23-11-13-24(14-12-23)19-9-5-6-10-21-19/h3-10,16H,11-15H2,1-2H3. The van der Waals surface area contributed by atoms with Crippen LogP contribution in [0.3, 0.4) is 0 Å². The molecule has 0 spiro atoms. The van der Waals surface area contributed by atoms with E-state index in [0.29, 0.717) is 5.25 Å². The molecule has 1 fully saturated rings. The third-order valence-corrected chi connectivity index (χ3v) is 5.64. The van der Waals surface area contributed by atoms with Crippen molar-refractivity contribution in [3.8, 4) is 0 Å². The van der Waals surface area contributed by atoms with Gasteiger partial charge in [-0.3, -0.25) is 4.90 Å². The number of para-hydroxylation sites is 2. The van der Waals surface area contributed by atoms with E-state index in [0.717, 1.165) is 49.3 Å². The Kier molecular flexibility index (Phi) is 5.13. The van der Waals surface area contributed by atoms with Crippen molar-refractivity contribution < 1.29 is 0 Å². The number of nitrogens with zero attached hydrogens (tertiary/aromatic N) is 5. The number of hydrogen-bond acceptors (Lipinski definition) is 5. The highest BCUT2D eigenvalue weighted by Gasteiger charge is 2.20. The third-order valence-electron chi connectivity index (χ3n) is 4.65. The molecule has 6 heteroatoms. The molecule has 2 aromatic heterocycles. The first kappa shape index (κ1) is 17.4. The fraction of sp³-hybridized carbons (Fsp3) is 0.400. The summed E-state index contributed by atoms with van der Waals surface area (Å²) in [6, 6.07) is 14.6. The molecular weight excluding hydrogens is 342 g/mol. The van der Waals surface area contributed by atoms with E-state index in [4.69, 9.17) is 4.98 Å². The van der Waals surface area contributed by atoms with Gasteiger partial charge in [0.15, 0.2) is 5.16 Å². The van der Waals surface area contributed by atoms with Gasteiger partial charge in [-0.1, -0.05) is 43.8 Å². The molecule has 4 rings (SSSR count). The zero-order valence-corrected chi connectivity index (χ0v) is 16.2. The summed E-state index contributed by atoms with van der Waals surface area (Å²) < 4.78 is 2.37. The van der Waals surface area contributed by atoms with Crippen LogP contribution in [0.1, 0.15) is 13.8 Å². The number of benzene rings is 1. The summed E-state index contributed by atoms with van der Waals surface area (Å²) in [6.07, 6.45) is 1.87. The Morgan fingerprint density at radius 3 is 2.50 bits per heavy atom. The summed E-state index contributed by atoms with van der Waals surface area (Å²) in [7, 11) is 0. The highest BCUT2D eigenvalue weighted by atomic mass is 32.2. The van der Waals surface area contributed by atoms with Gasteiger partial charge in [0, 0.05) is 37.6 Å². The SMILES string of the molecule is CC(C)Sc1nc2ccccc2n1CN1CCN(c2ccccn2)CC1. The number of pyridine rings is 1. The van der Waals surface area contributed by atoms with Crippen molar-refractivity contribution >= 4 is 28.6 Å². The van der Waals surface area contributed by atoms with Crippen molar-refractivity contribution in [2.75, 3.05) is 31.1 Å². The minimum Gasteiger partial charge on any atom is -0.354 e. The summed E-state index contributed by atoms with van der Waals surface area (Å²) in [5, 5.41) is 1.64. The number of aromatic nitrogens is 3. The third kappa shape index (κ3) is 3.71. The van der Waals surface area contributed by atoms with Crippen LogP contribution in [0.15, 0.2) is 53.8 Å². The maximum atomic E-state index is 4.86. The Labute approximate surface area is 159 Å². The van der Waals surface area contributed by atoms with Crippen LogP contribution in [0.2, 0.25) is 0 Å². The molecule has 1 aromatic carbocycles. The van der Waals surface area contributed by atoms with Crippen LogP contribution in [-0.4, -0.2) is 50.9 Å². The highest BCUT2D eigenvalue weighted by molar-refractivity contribution is 7.99. The van der Waals surface area contributed by atoms with Crippen molar-refractivity contribution in [2.24, 2.45) is 0 Å². The molecule has 26 heavy (non-hydrogen) atoms. The van der Waals surface area contributed by atoms with Gasteiger partial charge in [0.25, 0.3) is 0 Å². The molecule has 3 aromatic rings. The Balaban J connectivity index is 1.49. The van der Waals surface area contributed by atoms with Gasteiger partial charge < -0.3 is 9.47 Å². The Morgan fingerprint density at radius 1 is 1.00 bits per heavy atom. The molecule has 0 saturated carbocycles. The molecular formula is C20H25N5S. The van der Waals surface area contributed by atoms with Crippen LogP contribution in [-0.2, 0) is 6.67 Å². The molecule has 0 amide bonds. The van der Waals surface area contributed by atoms with Crippen LogP contribution < -0.4 is 4.90 Å². The number of rotatable bonds is 5. The van der Waals surface area contributed by atoms with E-state index >= 15 is 0 Å². The number of imidazole rings is 1. The van der Waals surface area contributed by atoms with Crippen molar-refractivity contribution in [3.63, 3.8) is 0 Å². The van der Waals surface area contributed by atoms with Crippen molar-refractivity contribution in [1.29, 1.82) is 0 Å². The minimum atomic E-state index is 0.520. The highest BCUT2D eigenvalue weighted by Crippen LogP contribution is 2.27. The smallest absolute Gasteiger partial charge is 0.170 e. The normalized spacial score (nSPS) is 15.9. The van der Waals surface area contributed by atoms with E-state index < -0.39 is 0 Å². The van der Waals surface area contributed by atoms with Gasteiger partial charge >= 0.3 is 0 Å². The van der Waals surface area contributed by atoms with Gasteiger partial charge in [-0.05, 0) is 24.3 Å². The molecule has 136 valence electrons. The van der Waals surface area contributed by atoms with Crippen molar-refractivity contribution in [1.82, 2.24) is 19.4 Å². The average molecular weight is 368 g/mol. The van der Waals surface area contributed by atoms with Gasteiger partial charge in [0.2, 0.25) is 0 Å². The first-order valence-electron chi connectivity index (χ1n) is 9.21. The molecule has 1 aliphatic rings. The second-order valence-electron chi connectivity index (χ2n) is 6.91. The summed E-state index contributed by atoms with van der Waals surface area (Å²) in [4.78, 5) is 14.2. The Bertz CT molecular complexity index is 853. The maximum absolute atomic E-state index is 4.86. The van der Waals surface area contributed by atoms with Crippen LogP contribution in [0.25, 0.3) is 11.0 Å². The molecule has 0 aliphatic carbocycles. The maximum Gasteiger partial charge on any atom is 0.170 e. The predicted molar refractivity (Wildman–Crippen MR) is 109 cm³/mol. The fourth-order valence-electron chi connectivity index (χ4n) is 3.35. The van der Waals surface area contributed by atoms with Gasteiger partial charge in [-0.25, -0.2) is 9.97 Å². The lowest BCUT2D eigenvalue weighted by atomic mass is 10.3. The Hall–Kier alpha value is -2.05. The topological polar surface area (TPSA) is 37.2 Å². The quantitative estimate of drug-likeness (QED) is 0.643. The summed E-state index contributed by atoms with van der Waals surface area (Å²) in [5.74, 6) is 1.08. The monoisotopic (exact) mass is 367 g/mol. The lowest BCUT2D eigenvalue weighted by Gasteiger charge is -2.35. The molecule has 5 nitrogen and oxygen atoms in total. The van der Waals surface area contributed by atoms with E-state index in [2.05, 4.69) is 69.6 Å². The first-order chi connectivity index (χ1) is 12.7. The van der Waals surface area contributed by atoms with Crippen LogP contribution >= 0.6 is 11.8 Å². The summed E-state index contributed by atoms with van der Waals surface area (Å²) >= 11 is 1.84. The molecule has 3 heterocycles. The summed E-state index contributed by atoms with van der Waals surface area (Å²) in [6.45, 7) is 9.43. The second kappa shape index (κ2) is 7.68. The van der Waals surface area contributed by atoms with Crippen LogP contribution in [0, 0.1) is 0 Å². The molecule has 1 saturated heterocycles. The average Bonchev–Trinajstić information content (AvgIpc) is 3.00.